The number of amides is 1. The van der Waals surface area contributed by atoms with Crippen LogP contribution in [0.1, 0.15) is 25.8 Å². The number of carbonyl (C=O) groups is 1. The summed E-state index contributed by atoms with van der Waals surface area (Å²) in [5, 5.41) is 6.99. The first-order valence-electron chi connectivity index (χ1n) is 6.12. The summed E-state index contributed by atoms with van der Waals surface area (Å²) in [5.41, 5.74) is 0. The van der Waals surface area contributed by atoms with Crippen LogP contribution >= 0.6 is 0 Å². The van der Waals surface area contributed by atoms with E-state index in [0.29, 0.717) is 19.1 Å². The molecule has 1 saturated heterocycles. The molecule has 0 aliphatic carbocycles. The highest BCUT2D eigenvalue weighted by Gasteiger charge is 2.21. The molecule has 6 heteroatoms. The molecule has 0 saturated carbocycles. The van der Waals surface area contributed by atoms with Gasteiger partial charge < -0.3 is 5.32 Å². The molecule has 1 aliphatic heterocycles. The minimum Gasteiger partial charge on any atom is -0.355 e. The molecule has 94 valence electrons. The Kier molecular flexibility index (Phi) is 4.08. The van der Waals surface area contributed by atoms with E-state index in [-0.39, 0.29) is 5.91 Å². The van der Waals surface area contributed by atoms with Crippen molar-refractivity contribution in [3.63, 3.8) is 0 Å². The first kappa shape index (κ1) is 12.0. The smallest absolute Gasteiger partial charge is 0.234 e. The van der Waals surface area contributed by atoms with Crippen molar-refractivity contribution in [3.8, 4) is 0 Å². The van der Waals surface area contributed by atoms with E-state index in [4.69, 9.17) is 0 Å². The highest BCUT2D eigenvalue weighted by molar-refractivity contribution is 5.77. The van der Waals surface area contributed by atoms with Gasteiger partial charge in [0.1, 0.15) is 12.7 Å². The van der Waals surface area contributed by atoms with Gasteiger partial charge in [-0.3, -0.25) is 9.69 Å². The van der Waals surface area contributed by atoms with Crippen molar-refractivity contribution in [1.29, 1.82) is 0 Å². The lowest BCUT2D eigenvalue weighted by Crippen LogP contribution is -2.41. The number of likely N-dealkylation sites (tertiary alicyclic amines) is 1. The van der Waals surface area contributed by atoms with Crippen molar-refractivity contribution < 1.29 is 4.79 Å². The summed E-state index contributed by atoms with van der Waals surface area (Å²) in [6.45, 7) is 5.05. The summed E-state index contributed by atoms with van der Waals surface area (Å²) in [7, 11) is 0. The molecular weight excluding hydrogens is 218 g/mol. The number of aromatic nitrogens is 3. The second-order valence-electron chi connectivity index (χ2n) is 4.34. The van der Waals surface area contributed by atoms with E-state index in [1.165, 1.54) is 0 Å². The zero-order chi connectivity index (χ0) is 12.1. The third kappa shape index (κ3) is 3.26. The number of piperidine rings is 1. The van der Waals surface area contributed by atoms with E-state index in [0.717, 1.165) is 25.9 Å². The standard InChI is InChI=1S/C11H19N5O/c1-2-13-11(17)7-15-5-3-10(4-6-15)16-9-12-8-14-16/h8-10H,2-7H2,1H3,(H,13,17). The van der Waals surface area contributed by atoms with Crippen LogP contribution in [0.2, 0.25) is 0 Å². The Morgan fingerprint density at radius 1 is 1.47 bits per heavy atom. The van der Waals surface area contributed by atoms with Crippen molar-refractivity contribution in [2.75, 3.05) is 26.2 Å². The van der Waals surface area contributed by atoms with E-state index < -0.39 is 0 Å². The van der Waals surface area contributed by atoms with Crippen molar-refractivity contribution >= 4 is 5.91 Å². The first-order chi connectivity index (χ1) is 8.29. The van der Waals surface area contributed by atoms with Crippen LogP contribution in [0.4, 0.5) is 0 Å². The van der Waals surface area contributed by atoms with Crippen LogP contribution in [0.15, 0.2) is 12.7 Å². The number of nitrogens with zero attached hydrogens (tertiary/aromatic N) is 4. The first-order valence-corrected chi connectivity index (χ1v) is 6.12. The van der Waals surface area contributed by atoms with Gasteiger partial charge in [0, 0.05) is 19.6 Å². The molecule has 0 aromatic carbocycles. The Balaban J connectivity index is 1.76. The number of carbonyl (C=O) groups excluding carboxylic acids is 1. The second-order valence-corrected chi connectivity index (χ2v) is 4.34. The molecule has 1 aliphatic rings. The molecule has 0 unspecified atom stereocenters. The van der Waals surface area contributed by atoms with Gasteiger partial charge in [-0.15, -0.1) is 0 Å². The molecule has 1 aromatic rings. The fourth-order valence-corrected chi connectivity index (χ4v) is 2.20. The highest BCUT2D eigenvalue weighted by Crippen LogP contribution is 2.20. The maximum absolute atomic E-state index is 11.4. The molecule has 1 aromatic heterocycles. The molecule has 1 fully saturated rings. The summed E-state index contributed by atoms with van der Waals surface area (Å²) in [4.78, 5) is 17.6. The summed E-state index contributed by atoms with van der Waals surface area (Å²) in [6.07, 6.45) is 5.40. The molecule has 17 heavy (non-hydrogen) atoms. The number of hydrogen-bond acceptors (Lipinski definition) is 4. The highest BCUT2D eigenvalue weighted by atomic mass is 16.2. The Bertz CT molecular complexity index is 343. The predicted octanol–water partition coefficient (Wildman–Crippen LogP) is 0.0511. The van der Waals surface area contributed by atoms with Gasteiger partial charge >= 0.3 is 0 Å². The molecule has 2 heterocycles. The van der Waals surface area contributed by atoms with Gasteiger partial charge in [-0.25, -0.2) is 9.67 Å². The predicted molar refractivity (Wildman–Crippen MR) is 63.4 cm³/mol. The van der Waals surface area contributed by atoms with Crippen molar-refractivity contribution in [2.45, 2.75) is 25.8 Å². The van der Waals surface area contributed by atoms with E-state index >= 15 is 0 Å². The van der Waals surface area contributed by atoms with Crippen LogP contribution in [-0.2, 0) is 4.79 Å². The molecule has 2 rings (SSSR count). The Labute approximate surface area is 101 Å². The van der Waals surface area contributed by atoms with Crippen molar-refractivity contribution in [2.24, 2.45) is 0 Å². The van der Waals surface area contributed by atoms with Gasteiger partial charge in [0.25, 0.3) is 0 Å². The van der Waals surface area contributed by atoms with Crippen LogP contribution in [-0.4, -0.2) is 51.8 Å². The second kappa shape index (κ2) is 5.77. The fraction of sp³-hybridized carbons (Fsp3) is 0.727. The van der Waals surface area contributed by atoms with E-state index in [1.807, 2.05) is 11.6 Å². The van der Waals surface area contributed by atoms with E-state index in [9.17, 15) is 4.79 Å². The monoisotopic (exact) mass is 237 g/mol. The molecule has 0 bridgehead atoms. The zero-order valence-corrected chi connectivity index (χ0v) is 10.2. The van der Waals surface area contributed by atoms with Gasteiger partial charge in [0.15, 0.2) is 0 Å². The SMILES string of the molecule is CCNC(=O)CN1CCC(n2cncn2)CC1. The van der Waals surface area contributed by atoms with Gasteiger partial charge in [0.05, 0.1) is 12.6 Å². The zero-order valence-electron chi connectivity index (χ0n) is 10.2. The maximum atomic E-state index is 11.4. The quantitative estimate of drug-likeness (QED) is 0.804. The average Bonchev–Trinajstić information content (AvgIpc) is 2.84. The lowest BCUT2D eigenvalue weighted by atomic mass is 10.1. The van der Waals surface area contributed by atoms with E-state index in [1.54, 1.807) is 12.7 Å². The molecular formula is C11H19N5O. The summed E-state index contributed by atoms with van der Waals surface area (Å²) in [5.74, 6) is 0.117. The van der Waals surface area contributed by atoms with Crippen LogP contribution in [0.25, 0.3) is 0 Å². The lowest BCUT2D eigenvalue weighted by molar-refractivity contribution is -0.122. The van der Waals surface area contributed by atoms with Crippen LogP contribution < -0.4 is 5.32 Å². The topological polar surface area (TPSA) is 63.1 Å². The third-order valence-electron chi connectivity index (χ3n) is 3.11. The van der Waals surface area contributed by atoms with Crippen molar-refractivity contribution in [3.05, 3.63) is 12.7 Å². The Morgan fingerprint density at radius 2 is 2.24 bits per heavy atom. The summed E-state index contributed by atoms with van der Waals surface area (Å²) >= 11 is 0. The molecule has 1 amide bonds. The molecule has 0 atom stereocenters. The van der Waals surface area contributed by atoms with E-state index in [2.05, 4.69) is 20.3 Å². The number of rotatable bonds is 4. The molecule has 1 N–H and O–H groups in total. The third-order valence-corrected chi connectivity index (χ3v) is 3.11. The number of hydrogen-bond donors (Lipinski definition) is 1. The van der Waals surface area contributed by atoms with Crippen LogP contribution in [0.3, 0.4) is 0 Å². The fourth-order valence-electron chi connectivity index (χ4n) is 2.20. The maximum Gasteiger partial charge on any atom is 0.234 e. The summed E-state index contributed by atoms with van der Waals surface area (Å²) in [6, 6.07) is 0.433. The van der Waals surface area contributed by atoms with Gasteiger partial charge in [0.2, 0.25) is 5.91 Å². The van der Waals surface area contributed by atoms with Gasteiger partial charge in [-0.2, -0.15) is 5.10 Å². The Morgan fingerprint density at radius 3 is 2.82 bits per heavy atom. The van der Waals surface area contributed by atoms with Gasteiger partial charge in [-0.05, 0) is 19.8 Å². The Hall–Kier alpha value is -1.43. The minimum atomic E-state index is 0.117. The molecule has 0 radical (unpaired) electrons. The van der Waals surface area contributed by atoms with Crippen LogP contribution in [0, 0.1) is 0 Å². The minimum absolute atomic E-state index is 0.117. The van der Waals surface area contributed by atoms with Crippen molar-refractivity contribution in [1.82, 2.24) is 25.0 Å². The molecule has 6 nitrogen and oxygen atoms in total. The number of likely N-dealkylation sites (N-methyl/N-ethyl adjacent to an activating group) is 1. The largest absolute Gasteiger partial charge is 0.355 e. The van der Waals surface area contributed by atoms with Gasteiger partial charge in [-0.1, -0.05) is 0 Å². The normalized spacial score (nSPS) is 18.2. The average molecular weight is 237 g/mol. The summed E-state index contributed by atoms with van der Waals surface area (Å²) < 4.78 is 1.92. The lowest BCUT2D eigenvalue weighted by Gasteiger charge is -2.31. The number of nitrogens with one attached hydrogen (secondary N) is 1. The molecule has 0 spiro atoms. The van der Waals surface area contributed by atoms with Crippen LogP contribution in [0.5, 0.6) is 0 Å².